The van der Waals surface area contributed by atoms with Crippen LogP contribution in [0.4, 0.5) is 11.4 Å². The number of benzene rings is 3. The van der Waals surface area contributed by atoms with Gasteiger partial charge in [-0.05, 0) is 36.4 Å². The van der Waals surface area contributed by atoms with Gasteiger partial charge in [-0.15, -0.1) is 0 Å². The fourth-order valence-electron chi connectivity index (χ4n) is 2.72. The van der Waals surface area contributed by atoms with E-state index < -0.39 is 0 Å². The van der Waals surface area contributed by atoms with Gasteiger partial charge in [0.1, 0.15) is 0 Å². The average molecular weight is 375 g/mol. The van der Waals surface area contributed by atoms with Crippen molar-refractivity contribution in [2.75, 3.05) is 5.32 Å². The molecule has 0 amide bonds. The minimum atomic E-state index is 0.967. The first-order valence-electron chi connectivity index (χ1n) is 7.77. The normalized spacial score (nSPS) is 10.7. The second-order valence-electron chi connectivity index (χ2n) is 5.57. The van der Waals surface area contributed by atoms with Gasteiger partial charge < -0.3 is 5.32 Å². The van der Waals surface area contributed by atoms with Crippen LogP contribution in [0.25, 0.3) is 22.2 Å². The molecule has 0 unspecified atom stereocenters. The second-order valence-corrected chi connectivity index (χ2v) is 6.49. The standard InChI is InChI=1S/C21H15BrN2/c22-16-10-12-17(13-11-16)23-21-14-20(15-6-2-1-3-7-15)24-19-9-5-4-8-18(19)21/h1-14H,(H,23,24). The number of pyridine rings is 1. The van der Waals surface area contributed by atoms with Crippen LogP contribution in [0.2, 0.25) is 0 Å². The number of hydrogen-bond donors (Lipinski definition) is 1. The summed E-state index contributed by atoms with van der Waals surface area (Å²) in [6.07, 6.45) is 0. The molecule has 1 aromatic heterocycles. The number of para-hydroxylation sites is 1. The first-order valence-corrected chi connectivity index (χ1v) is 8.57. The molecule has 0 aliphatic heterocycles. The van der Waals surface area contributed by atoms with E-state index in [4.69, 9.17) is 4.98 Å². The molecule has 0 aliphatic rings. The van der Waals surface area contributed by atoms with E-state index in [1.165, 1.54) is 0 Å². The lowest BCUT2D eigenvalue weighted by atomic mass is 10.1. The van der Waals surface area contributed by atoms with Crippen LogP contribution >= 0.6 is 15.9 Å². The lowest BCUT2D eigenvalue weighted by Crippen LogP contribution is -1.95. The third-order valence-corrected chi connectivity index (χ3v) is 4.44. The zero-order chi connectivity index (χ0) is 16.4. The van der Waals surface area contributed by atoms with Crippen LogP contribution < -0.4 is 5.32 Å². The van der Waals surface area contributed by atoms with Gasteiger partial charge in [0.2, 0.25) is 0 Å². The highest BCUT2D eigenvalue weighted by molar-refractivity contribution is 9.10. The number of halogens is 1. The number of fused-ring (bicyclic) bond motifs is 1. The third kappa shape index (κ3) is 3.03. The lowest BCUT2D eigenvalue weighted by molar-refractivity contribution is 1.39. The molecule has 0 saturated carbocycles. The highest BCUT2D eigenvalue weighted by atomic mass is 79.9. The highest BCUT2D eigenvalue weighted by Gasteiger charge is 2.07. The van der Waals surface area contributed by atoms with E-state index in [-0.39, 0.29) is 0 Å². The van der Waals surface area contributed by atoms with Crippen molar-refractivity contribution < 1.29 is 0 Å². The van der Waals surface area contributed by atoms with Crippen LogP contribution in [-0.2, 0) is 0 Å². The molecule has 3 aromatic carbocycles. The van der Waals surface area contributed by atoms with Crippen molar-refractivity contribution in [1.82, 2.24) is 4.98 Å². The van der Waals surface area contributed by atoms with Crippen LogP contribution in [0, 0.1) is 0 Å². The van der Waals surface area contributed by atoms with Gasteiger partial charge in [0, 0.05) is 21.1 Å². The Hall–Kier alpha value is -2.65. The zero-order valence-corrected chi connectivity index (χ0v) is 14.5. The van der Waals surface area contributed by atoms with Crippen molar-refractivity contribution in [1.29, 1.82) is 0 Å². The van der Waals surface area contributed by atoms with E-state index in [0.29, 0.717) is 0 Å². The molecule has 4 aromatic rings. The van der Waals surface area contributed by atoms with Crippen molar-refractivity contribution in [3.05, 3.63) is 89.4 Å². The maximum atomic E-state index is 4.81. The fourth-order valence-corrected chi connectivity index (χ4v) is 2.99. The first kappa shape index (κ1) is 14.9. The van der Waals surface area contributed by atoms with E-state index in [0.717, 1.165) is 38.0 Å². The van der Waals surface area contributed by atoms with Crippen molar-refractivity contribution in [3.8, 4) is 11.3 Å². The van der Waals surface area contributed by atoms with Gasteiger partial charge in [-0.2, -0.15) is 0 Å². The summed E-state index contributed by atoms with van der Waals surface area (Å²) in [5, 5.41) is 4.63. The molecule has 4 rings (SSSR count). The minimum absolute atomic E-state index is 0.967. The van der Waals surface area contributed by atoms with Crippen LogP contribution in [0.15, 0.2) is 89.4 Å². The van der Waals surface area contributed by atoms with Crippen LogP contribution in [0.5, 0.6) is 0 Å². The number of anilines is 2. The molecule has 0 aliphatic carbocycles. The largest absolute Gasteiger partial charge is 0.355 e. The van der Waals surface area contributed by atoms with E-state index >= 15 is 0 Å². The molecule has 116 valence electrons. The maximum Gasteiger partial charge on any atom is 0.0730 e. The van der Waals surface area contributed by atoms with Gasteiger partial charge in [0.15, 0.2) is 0 Å². The molecule has 2 nitrogen and oxygen atoms in total. The summed E-state index contributed by atoms with van der Waals surface area (Å²) < 4.78 is 1.07. The summed E-state index contributed by atoms with van der Waals surface area (Å²) in [7, 11) is 0. The van der Waals surface area contributed by atoms with Gasteiger partial charge in [0.25, 0.3) is 0 Å². The number of rotatable bonds is 3. The predicted molar refractivity (Wildman–Crippen MR) is 105 cm³/mol. The first-order chi connectivity index (χ1) is 11.8. The predicted octanol–water partition coefficient (Wildman–Crippen LogP) is 6.41. The minimum Gasteiger partial charge on any atom is -0.355 e. The molecular formula is C21H15BrN2. The quantitative estimate of drug-likeness (QED) is 0.448. The molecule has 0 radical (unpaired) electrons. The molecule has 0 spiro atoms. The summed E-state index contributed by atoms with van der Waals surface area (Å²) in [5.41, 5.74) is 5.17. The van der Waals surface area contributed by atoms with Crippen molar-refractivity contribution in [2.45, 2.75) is 0 Å². The van der Waals surface area contributed by atoms with E-state index in [1.54, 1.807) is 0 Å². The lowest BCUT2D eigenvalue weighted by Gasteiger charge is -2.12. The van der Waals surface area contributed by atoms with Gasteiger partial charge >= 0.3 is 0 Å². The summed E-state index contributed by atoms with van der Waals surface area (Å²) in [6, 6.07) is 28.8. The van der Waals surface area contributed by atoms with Crippen molar-refractivity contribution in [2.24, 2.45) is 0 Å². The monoisotopic (exact) mass is 374 g/mol. The molecule has 0 saturated heterocycles. The summed E-state index contributed by atoms with van der Waals surface area (Å²) in [4.78, 5) is 4.81. The Balaban J connectivity index is 1.85. The van der Waals surface area contributed by atoms with Gasteiger partial charge in [-0.3, -0.25) is 0 Å². The Morgan fingerprint density at radius 1 is 0.750 bits per heavy atom. The number of aromatic nitrogens is 1. The Morgan fingerprint density at radius 3 is 2.25 bits per heavy atom. The summed E-state index contributed by atoms with van der Waals surface area (Å²) in [6.45, 7) is 0. The fraction of sp³-hybridized carbons (Fsp3) is 0. The Kier molecular flexibility index (Phi) is 4.01. The number of hydrogen-bond acceptors (Lipinski definition) is 2. The summed E-state index contributed by atoms with van der Waals surface area (Å²) >= 11 is 3.48. The number of nitrogens with one attached hydrogen (secondary N) is 1. The van der Waals surface area contributed by atoms with Crippen LogP contribution in [0.3, 0.4) is 0 Å². The average Bonchev–Trinajstić information content (AvgIpc) is 2.64. The molecule has 0 atom stereocenters. The van der Waals surface area contributed by atoms with Crippen LogP contribution in [0.1, 0.15) is 0 Å². The topological polar surface area (TPSA) is 24.9 Å². The third-order valence-electron chi connectivity index (χ3n) is 3.91. The van der Waals surface area contributed by atoms with E-state index in [9.17, 15) is 0 Å². The SMILES string of the molecule is Brc1ccc(Nc2cc(-c3ccccc3)nc3ccccc23)cc1. The molecule has 3 heteroatoms. The van der Waals surface area contributed by atoms with Gasteiger partial charge in [-0.25, -0.2) is 4.98 Å². The van der Waals surface area contributed by atoms with E-state index in [1.807, 2.05) is 42.5 Å². The maximum absolute atomic E-state index is 4.81. The van der Waals surface area contributed by atoms with Crippen LogP contribution in [-0.4, -0.2) is 4.98 Å². The number of nitrogens with zero attached hydrogens (tertiary/aromatic N) is 1. The molecule has 0 fully saturated rings. The van der Waals surface area contributed by atoms with Gasteiger partial charge in [-0.1, -0.05) is 64.5 Å². The van der Waals surface area contributed by atoms with Crippen molar-refractivity contribution in [3.63, 3.8) is 0 Å². The molecular weight excluding hydrogens is 360 g/mol. The smallest absolute Gasteiger partial charge is 0.0730 e. The van der Waals surface area contributed by atoms with E-state index in [2.05, 4.69) is 63.7 Å². The Bertz CT molecular complexity index is 980. The zero-order valence-electron chi connectivity index (χ0n) is 12.9. The molecule has 1 heterocycles. The highest BCUT2D eigenvalue weighted by Crippen LogP contribution is 2.30. The Morgan fingerprint density at radius 2 is 1.46 bits per heavy atom. The second kappa shape index (κ2) is 6.46. The molecule has 24 heavy (non-hydrogen) atoms. The molecule has 0 bridgehead atoms. The summed E-state index contributed by atoms with van der Waals surface area (Å²) in [5.74, 6) is 0. The molecule has 1 N–H and O–H groups in total. The Labute approximate surface area is 149 Å². The van der Waals surface area contributed by atoms with Gasteiger partial charge in [0.05, 0.1) is 16.9 Å². The van der Waals surface area contributed by atoms with Crippen molar-refractivity contribution >= 4 is 38.2 Å².